The zero-order valence-electron chi connectivity index (χ0n) is 7.15. The van der Waals surface area contributed by atoms with E-state index < -0.39 is 0 Å². The number of hydrogen-bond acceptors (Lipinski definition) is 2. The van der Waals surface area contributed by atoms with Gasteiger partial charge in [0, 0.05) is 0 Å². The Labute approximate surface area is 82.5 Å². The zero-order valence-corrected chi connectivity index (χ0v) is 7.97. The minimum absolute atomic E-state index is 0.272. The first-order valence-corrected chi connectivity index (χ1v) is 4.76. The van der Waals surface area contributed by atoms with Crippen LogP contribution in [0, 0.1) is 9.55 Å². The van der Waals surface area contributed by atoms with Crippen LogP contribution in [0.5, 0.6) is 0 Å². The van der Waals surface area contributed by atoms with Crippen molar-refractivity contribution in [1.82, 2.24) is 14.8 Å². The Bertz CT molecular complexity index is 573. The molecular formula is C8H8N4OS. The van der Waals surface area contributed by atoms with Gasteiger partial charge < -0.3 is 0 Å². The van der Waals surface area contributed by atoms with E-state index in [1.807, 2.05) is 30.3 Å². The summed E-state index contributed by atoms with van der Waals surface area (Å²) in [7, 11) is 0. The van der Waals surface area contributed by atoms with Gasteiger partial charge in [-0.2, -0.15) is 0 Å². The van der Waals surface area contributed by atoms with Gasteiger partial charge in [-0.15, -0.1) is 0 Å². The first kappa shape index (κ1) is 8.76. The molecule has 1 heterocycles. The number of rotatable bonds is 1. The van der Waals surface area contributed by atoms with Gasteiger partial charge in [0.2, 0.25) is 4.77 Å². The highest BCUT2D eigenvalue weighted by molar-refractivity contribution is 7.57. The van der Waals surface area contributed by atoms with E-state index in [2.05, 4.69) is 10.2 Å². The molecule has 0 aliphatic heterocycles. The van der Waals surface area contributed by atoms with Crippen LogP contribution in [0.4, 0.5) is 0 Å². The molecule has 72 valence electrons. The summed E-state index contributed by atoms with van der Waals surface area (Å²) in [6.45, 7) is 0. The van der Waals surface area contributed by atoms with E-state index in [1.165, 1.54) is 4.57 Å². The average molecular weight is 208 g/mol. The summed E-state index contributed by atoms with van der Waals surface area (Å²) in [6, 6.07) is 9.17. The maximum atomic E-state index is 11.4. The summed E-state index contributed by atoms with van der Waals surface area (Å²) in [4.78, 5) is 11.4. The lowest BCUT2D eigenvalue weighted by atomic mass is 10.3. The maximum absolute atomic E-state index is 11.4. The van der Waals surface area contributed by atoms with Crippen molar-refractivity contribution >= 4 is 11.1 Å². The highest BCUT2D eigenvalue weighted by atomic mass is 32.1. The highest BCUT2D eigenvalue weighted by Crippen LogP contribution is 2.02. The normalized spacial score (nSPS) is 10.0. The second-order valence-corrected chi connectivity index (χ2v) is 3.22. The molecule has 6 heteroatoms. The number of hydrogen-bond donors (Lipinski definition) is 3. The second-order valence-electron chi connectivity index (χ2n) is 2.63. The van der Waals surface area contributed by atoms with E-state index >= 15 is 0 Å². The largest absolute Gasteiger partial charge is 0.347 e. The molecule has 5 nitrogen and oxygen atoms in total. The van der Waals surface area contributed by atoms with Gasteiger partial charge in [-0.05, 0) is 23.3 Å². The molecule has 2 aromatic rings. The van der Waals surface area contributed by atoms with Gasteiger partial charge in [0.25, 0.3) is 0 Å². The molecule has 1 aromatic carbocycles. The van der Waals surface area contributed by atoms with E-state index in [1.54, 1.807) is 0 Å². The van der Waals surface area contributed by atoms with Gasteiger partial charge in [0.05, 0.1) is 5.69 Å². The summed E-state index contributed by atoms with van der Waals surface area (Å²) in [5.74, 6) is 0. The zero-order chi connectivity index (χ0) is 9.97. The summed E-state index contributed by atoms with van der Waals surface area (Å²) < 4.78 is 9.03. The summed E-state index contributed by atoms with van der Waals surface area (Å²) in [5, 5.41) is 5.05. The smallest absolute Gasteiger partial charge is 0.272 e. The number of nitrogens with zero attached hydrogens (tertiary/aromatic N) is 1. The van der Waals surface area contributed by atoms with Crippen LogP contribution in [0.15, 0.2) is 35.1 Å². The molecule has 0 aliphatic rings. The second kappa shape index (κ2) is 3.51. The van der Waals surface area contributed by atoms with Gasteiger partial charge in [0.15, 0.2) is 0 Å². The minimum atomic E-state index is -0.272. The number of para-hydroxylation sites is 1. The van der Waals surface area contributed by atoms with Gasteiger partial charge in [-0.1, -0.05) is 18.2 Å². The molecule has 1 aromatic heterocycles. The van der Waals surface area contributed by atoms with Gasteiger partial charge in [-0.25, -0.2) is 19.2 Å². The molecule has 0 spiro atoms. The lowest BCUT2D eigenvalue weighted by molar-refractivity contribution is 0.975. The van der Waals surface area contributed by atoms with Crippen LogP contribution in [0.3, 0.4) is 0 Å². The summed E-state index contributed by atoms with van der Waals surface area (Å²) in [5.41, 5.74) is 0.468. The molecule has 3 N–H and O–H groups in total. The number of nitrogens with one attached hydrogen (secondary N) is 3. The quantitative estimate of drug-likeness (QED) is 0.597. The van der Waals surface area contributed by atoms with E-state index in [9.17, 15) is 4.79 Å². The molecule has 0 fully saturated rings. The van der Waals surface area contributed by atoms with E-state index in [-0.39, 0.29) is 5.69 Å². The van der Waals surface area contributed by atoms with E-state index in [0.29, 0.717) is 4.77 Å². The minimum Gasteiger partial charge on any atom is -0.272 e. The summed E-state index contributed by atoms with van der Waals surface area (Å²) in [6.07, 6.45) is 0. The number of aromatic nitrogens is 3. The van der Waals surface area contributed by atoms with Crippen molar-refractivity contribution in [2.24, 2.45) is 0 Å². The average Bonchev–Trinajstić information content (AvgIpc) is 2.61. The first-order chi connectivity index (χ1) is 6.83. The third kappa shape index (κ3) is 1.35. The van der Waals surface area contributed by atoms with Crippen LogP contribution in [0.25, 0.3) is 5.69 Å². The van der Waals surface area contributed by atoms with Crippen LogP contribution in [-0.4, -0.2) is 14.8 Å². The molecule has 0 amide bonds. The van der Waals surface area contributed by atoms with E-state index in [0.717, 1.165) is 16.8 Å². The predicted molar refractivity (Wildman–Crippen MR) is 54.1 cm³/mol. The van der Waals surface area contributed by atoms with Gasteiger partial charge in [-0.3, -0.25) is 5.10 Å². The molecule has 14 heavy (non-hydrogen) atoms. The van der Waals surface area contributed by atoms with Crippen molar-refractivity contribution < 1.29 is 0 Å². The number of benzene rings is 1. The number of aromatic amines is 2. The van der Waals surface area contributed by atoms with Crippen LogP contribution in [-0.2, 0) is 11.1 Å². The lowest BCUT2D eigenvalue weighted by Gasteiger charge is -1.97. The molecule has 0 radical (unpaired) electrons. The number of H-pyrrole nitrogens is 2. The van der Waals surface area contributed by atoms with Crippen molar-refractivity contribution in [2.45, 2.75) is 0 Å². The van der Waals surface area contributed by atoms with Crippen LogP contribution >= 0.6 is 0 Å². The molecule has 0 bridgehead atoms. The lowest BCUT2D eigenvalue weighted by Crippen LogP contribution is -2.14. The Kier molecular flexibility index (Phi) is 2.19. The van der Waals surface area contributed by atoms with E-state index in [4.69, 9.17) is 4.78 Å². The third-order valence-corrected chi connectivity index (χ3v) is 2.27. The SMILES string of the molecule is N=S=c1[nH][nH]c(=O)n1-c1ccccc1. The van der Waals surface area contributed by atoms with Gasteiger partial charge in [0.1, 0.15) is 0 Å². The molecule has 0 atom stereocenters. The van der Waals surface area contributed by atoms with Crippen molar-refractivity contribution in [3.8, 4) is 5.69 Å². The monoisotopic (exact) mass is 208 g/mol. The fourth-order valence-electron chi connectivity index (χ4n) is 1.19. The Balaban J connectivity index is 2.81. The Hall–Kier alpha value is -1.82. The van der Waals surface area contributed by atoms with Crippen molar-refractivity contribution in [2.75, 3.05) is 0 Å². The molecule has 0 saturated heterocycles. The van der Waals surface area contributed by atoms with Crippen LogP contribution in [0.2, 0.25) is 0 Å². The molecular weight excluding hydrogens is 200 g/mol. The third-order valence-electron chi connectivity index (χ3n) is 1.79. The molecule has 0 aliphatic carbocycles. The maximum Gasteiger partial charge on any atom is 0.347 e. The fourth-order valence-corrected chi connectivity index (χ4v) is 1.58. The van der Waals surface area contributed by atoms with Crippen LogP contribution in [0.1, 0.15) is 0 Å². The molecule has 0 unspecified atom stereocenters. The molecule has 2 rings (SSSR count). The predicted octanol–water partition coefficient (Wildman–Crippen LogP) is 0.871. The van der Waals surface area contributed by atoms with Crippen LogP contribution < -0.4 is 5.69 Å². The Morgan fingerprint density at radius 2 is 1.93 bits per heavy atom. The molecule has 0 saturated carbocycles. The van der Waals surface area contributed by atoms with Gasteiger partial charge >= 0.3 is 5.69 Å². The first-order valence-electron chi connectivity index (χ1n) is 3.94. The van der Waals surface area contributed by atoms with Crippen molar-refractivity contribution in [3.63, 3.8) is 0 Å². The summed E-state index contributed by atoms with van der Waals surface area (Å²) >= 11 is 0.737. The topological polar surface area (TPSA) is 77.4 Å². The Morgan fingerprint density at radius 1 is 1.21 bits per heavy atom. The van der Waals surface area contributed by atoms with Crippen molar-refractivity contribution in [3.05, 3.63) is 45.6 Å². The highest BCUT2D eigenvalue weighted by Gasteiger charge is 2.01. The van der Waals surface area contributed by atoms with Crippen molar-refractivity contribution in [1.29, 1.82) is 4.78 Å². The fraction of sp³-hybridized carbons (Fsp3) is 0. The Morgan fingerprint density at radius 3 is 2.57 bits per heavy atom. The standard InChI is InChI=1S/C8H8N4OS/c9-14-8-11-10-7(13)12(8)6-4-2-1-3-5-6/h1-5,9,11H,(H,10,13).